The third-order valence-corrected chi connectivity index (χ3v) is 8.37. The van der Waals surface area contributed by atoms with Gasteiger partial charge in [0.05, 0.1) is 37.4 Å². The molecule has 216 valence electrons. The number of benzene rings is 2. The van der Waals surface area contributed by atoms with Crippen LogP contribution in [0.2, 0.25) is 0 Å². The Morgan fingerprint density at radius 2 is 1.20 bits per heavy atom. The van der Waals surface area contributed by atoms with E-state index in [9.17, 15) is 9.59 Å². The van der Waals surface area contributed by atoms with E-state index in [4.69, 9.17) is 18.9 Å². The number of fused-ring (bicyclic) bond motifs is 4. The zero-order chi connectivity index (χ0) is 28.7. The smallest absolute Gasteiger partial charge is 0.256 e. The van der Waals surface area contributed by atoms with E-state index in [1.54, 1.807) is 26.4 Å². The molecule has 2 amide bonds. The van der Waals surface area contributed by atoms with Gasteiger partial charge < -0.3 is 39.4 Å². The van der Waals surface area contributed by atoms with Crippen LogP contribution in [0.25, 0.3) is 0 Å². The van der Waals surface area contributed by atoms with Gasteiger partial charge in [-0.25, -0.2) is 0 Å². The van der Waals surface area contributed by atoms with Gasteiger partial charge in [0.2, 0.25) is 0 Å². The molecule has 2 saturated heterocycles. The van der Waals surface area contributed by atoms with E-state index in [0.29, 0.717) is 68.4 Å². The van der Waals surface area contributed by atoms with Gasteiger partial charge >= 0.3 is 0 Å². The summed E-state index contributed by atoms with van der Waals surface area (Å²) in [5.74, 6) is 1.18. The number of hydrogen-bond donors (Lipinski definition) is 2. The summed E-state index contributed by atoms with van der Waals surface area (Å²) < 4.78 is 23.2. The zero-order valence-corrected chi connectivity index (χ0v) is 23.5. The van der Waals surface area contributed by atoms with Crippen LogP contribution < -0.4 is 20.1 Å². The molecule has 10 nitrogen and oxygen atoms in total. The molecule has 2 aromatic carbocycles. The number of ether oxygens (including phenoxy) is 4. The second kappa shape index (κ2) is 11.1. The Morgan fingerprint density at radius 3 is 1.61 bits per heavy atom. The maximum absolute atomic E-state index is 13.4. The molecule has 2 N–H and O–H groups in total. The molecule has 10 heteroatoms. The molecule has 4 heterocycles. The molecule has 2 aromatic rings. The van der Waals surface area contributed by atoms with E-state index >= 15 is 0 Å². The van der Waals surface area contributed by atoms with E-state index in [2.05, 4.69) is 23.8 Å². The third-order valence-electron chi connectivity index (χ3n) is 8.37. The minimum atomic E-state index is -0.265. The summed E-state index contributed by atoms with van der Waals surface area (Å²) in [5, 5.41) is 6.80. The topological polar surface area (TPSA) is 102 Å². The van der Waals surface area contributed by atoms with Crippen LogP contribution in [0, 0.1) is 0 Å². The largest absolute Gasteiger partial charge is 0.497 e. The van der Waals surface area contributed by atoms with Crippen molar-refractivity contribution in [3.8, 4) is 11.5 Å². The van der Waals surface area contributed by atoms with Crippen molar-refractivity contribution < 1.29 is 28.5 Å². The van der Waals surface area contributed by atoms with Gasteiger partial charge in [0.15, 0.2) is 0 Å². The Morgan fingerprint density at radius 1 is 0.756 bits per heavy atom. The van der Waals surface area contributed by atoms with Gasteiger partial charge in [0.25, 0.3) is 11.8 Å². The van der Waals surface area contributed by atoms with Gasteiger partial charge in [-0.3, -0.25) is 9.59 Å². The van der Waals surface area contributed by atoms with Gasteiger partial charge in [-0.1, -0.05) is 13.2 Å². The highest BCUT2D eigenvalue weighted by Gasteiger charge is 2.44. The summed E-state index contributed by atoms with van der Waals surface area (Å²) in [7, 11) is 3.18. The Labute approximate surface area is 239 Å². The summed E-state index contributed by atoms with van der Waals surface area (Å²) in [6.07, 6.45) is 0.127. The minimum Gasteiger partial charge on any atom is -0.497 e. The Kier molecular flexibility index (Phi) is 7.35. The highest BCUT2D eigenvalue weighted by Crippen LogP contribution is 2.35. The van der Waals surface area contributed by atoms with Crippen molar-refractivity contribution in [3.63, 3.8) is 0 Å². The van der Waals surface area contributed by atoms with E-state index in [0.717, 1.165) is 22.5 Å². The molecule has 2 fully saturated rings. The molecular weight excluding hydrogens is 524 g/mol. The van der Waals surface area contributed by atoms with Crippen LogP contribution in [0.5, 0.6) is 11.5 Å². The van der Waals surface area contributed by atoms with Crippen molar-refractivity contribution in [2.24, 2.45) is 0 Å². The number of nitrogens with one attached hydrogen (secondary N) is 2. The average Bonchev–Trinajstić information content (AvgIpc) is 3.38. The number of nitrogens with zero attached hydrogens (tertiary/aromatic N) is 2. The number of rotatable bonds is 8. The van der Waals surface area contributed by atoms with E-state index in [-0.39, 0.29) is 36.1 Å². The molecule has 0 bridgehead atoms. The van der Waals surface area contributed by atoms with Crippen molar-refractivity contribution in [1.29, 1.82) is 0 Å². The van der Waals surface area contributed by atoms with Crippen molar-refractivity contribution >= 4 is 23.2 Å². The van der Waals surface area contributed by atoms with Gasteiger partial charge in [0, 0.05) is 50.8 Å². The number of anilines is 2. The quantitative estimate of drug-likeness (QED) is 0.375. The first kappa shape index (κ1) is 27.2. The first-order valence-electron chi connectivity index (χ1n) is 13.9. The predicted molar refractivity (Wildman–Crippen MR) is 155 cm³/mol. The molecule has 4 aliphatic heterocycles. The Balaban J connectivity index is 1.03. The normalized spacial score (nSPS) is 24.9. The lowest BCUT2D eigenvalue weighted by molar-refractivity contribution is 0.00956. The van der Waals surface area contributed by atoms with Crippen LogP contribution in [0.1, 0.15) is 27.1 Å². The summed E-state index contributed by atoms with van der Waals surface area (Å²) in [6.45, 7) is 11.4. The standard InChI is InChI=1S/C31H36N4O6/c1-18-16-34-26(14-32-24-8-6-20(38-3)12-22(24)30(34)36)28(18)40-10-5-11-41-29-19(2)17-35-27(29)15-33-25-9-7-21(39-4)13-23(25)31(35)37/h6-9,12-13,26-29,32-33H,1-2,5,10-11,14-17H2,3-4H3/t26-,27-,28?,29?/m0/s1. The van der Waals surface area contributed by atoms with Crippen LogP contribution in [0.3, 0.4) is 0 Å². The van der Waals surface area contributed by atoms with Gasteiger partial charge in [0.1, 0.15) is 23.7 Å². The number of carbonyl (C=O) groups excluding carboxylic acids is 2. The highest BCUT2D eigenvalue weighted by molar-refractivity contribution is 6.02. The highest BCUT2D eigenvalue weighted by atomic mass is 16.5. The molecule has 0 radical (unpaired) electrons. The van der Waals surface area contributed by atoms with Crippen molar-refractivity contribution in [2.75, 3.05) is 64.2 Å². The summed E-state index contributed by atoms with van der Waals surface area (Å²) >= 11 is 0. The van der Waals surface area contributed by atoms with Crippen LogP contribution >= 0.6 is 0 Å². The molecule has 0 spiro atoms. The van der Waals surface area contributed by atoms with Crippen LogP contribution in [0.4, 0.5) is 11.4 Å². The second-order valence-electron chi connectivity index (χ2n) is 10.8. The van der Waals surface area contributed by atoms with Crippen LogP contribution in [-0.2, 0) is 9.47 Å². The summed E-state index contributed by atoms with van der Waals surface area (Å²) in [6, 6.07) is 10.7. The van der Waals surface area contributed by atoms with Crippen LogP contribution in [-0.4, -0.2) is 99.5 Å². The lowest BCUT2D eigenvalue weighted by Crippen LogP contribution is -2.43. The van der Waals surface area contributed by atoms with Crippen molar-refractivity contribution in [2.45, 2.75) is 30.7 Å². The fourth-order valence-corrected chi connectivity index (χ4v) is 6.24. The van der Waals surface area contributed by atoms with Crippen molar-refractivity contribution in [1.82, 2.24) is 9.80 Å². The number of carbonyl (C=O) groups is 2. The second-order valence-corrected chi connectivity index (χ2v) is 10.8. The average molecular weight is 561 g/mol. The minimum absolute atomic E-state index is 0.0547. The molecule has 2 unspecified atom stereocenters. The van der Waals surface area contributed by atoms with E-state index in [1.165, 1.54) is 0 Å². The third kappa shape index (κ3) is 4.91. The van der Waals surface area contributed by atoms with Crippen molar-refractivity contribution in [3.05, 3.63) is 71.8 Å². The number of amides is 2. The Hall–Kier alpha value is -4.02. The van der Waals surface area contributed by atoms with Gasteiger partial charge in [-0.2, -0.15) is 0 Å². The maximum atomic E-state index is 13.4. The van der Waals surface area contributed by atoms with Gasteiger partial charge in [-0.05, 0) is 54.0 Å². The summed E-state index contributed by atoms with van der Waals surface area (Å²) in [5.41, 5.74) is 4.54. The molecule has 0 aliphatic carbocycles. The lowest BCUT2D eigenvalue weighted by Gasteiger charge is -2.26. The molecule has 4 atom stereocenters. The fraction of sp³-hybridized carbons (Fsp3) is 0.419. The molecule has 0 saturated carbocycles. The number of hydrogen-bond acceptors (Lipinski definition) is 8. The SMILES string of the molecule is C=C1CN2C(=O)c3cc(OC)ccc3NC[C@H]2C1OCCCOC1C(=C)CN2C(=O)c3cc(OC)ccc3NC[C@@H]12. The first-order valence-corrected chi connectivity index (χ1v) is 13.9. The molecular formula is C31H36N4O6. The van der Waals surface area contributed by atoms with E-state index < -0.39 is 0 Å². The molecule has 6 rings (SSSR count). The molecule has 0 aromatic heterocycles. The molecule has 41 heavy (non-hydrogen) atoms. The zero-order valence-electron chi connectivity index (χ0n) is 23.5. The van der Waals surface area contributed by atoms with Crippen LogP contribution in [0.15, 0.2) is 60.7 Å². The first-order chi connectivity index (χ1) is 19.9. The molecule has 4 aliphatic rings. The van der Waals surface area contributed by atoms with E-state index in [1.807, 2.05) is 34.1 Å². The monoisotopic (exact) mass is 560 g/mol. The van der Waals surface area contributed by atoms with Gasteiger partial charge in [-0.15, -0.1) is 0 Å². The lowest BCUT2D eigenvalue weighted by atomic mass is 10.1. The fourth-order valence-electron chi connectivity index (χ4n) is 6.24. The number of methoxy groups -OCH3 is 2. The predicted octanol–water partition coefficient (Wildman–Crippen LogP) is 3.18. The maximum Gasteiger partial charge on any atom is 0.256 e. The Bertz CT molecular complexity index is 1290. The summed E-state index contributed by atoms with van der Waals surface area (Å²) in [4.78, 5) is 30.4.